The Hall–Kier alpha value is -3.59. The van der Waals surface area contributed by atoms with Gasteiger partial charge >= 0.3 is 0 Å². The van der Waals surface area contributed by atoms with Gasteiger partial charge in [0.2, 0.25) is 5.95 Å². The lowest BCUT2D eigenvalue weighted by Gasteiger charge is -2.11. The lowest BCUT2D eigenvalue weighted by Crippen LogP contribution is -2.02. The van der Waals surface area contributed by atoms with Gasteiger partial charge in [-0.1, -0.05) is 6.07 Å². The highest BCUT2D eigenvalue weighted by Crippen LogP contribution is 2.21. The molecule has 0 aliphatic heterocycles. The number of hydrogen-bond donors (Lipinski definition) is 2. The molecular weight excluding hydrogens is 326 g/mol. The van der Waals surface area contributed by atoms with E-state index in [1.165, 1.54) is 0 Å². The number of aryl methyl sites for hydroxylation is 1. The van der Waals surface area contributed by atoms with Crippen LogP contribution in [0, 0.1) is 18.3 Å². The number of ether oxygens (including phenoxy) is 1. The fraction of sp³-hybridized carbons (Fsp3) is 0.150. The fourth-order valence-corrected chi connectivity index (χ4v) is 2.43. The average Bonchev–Trinajstić information content (AvgIpc) is 2.63. The van der Waals surface area contributed by atoms with Crippen molar-refractivity contribution in [2.24, 2.45) is 0 Å². The summed E-state index contributed by atoms with van der Waals surface area (Å²) in [6, 6.07) is 18.9. The molecule has 0 saturated carbocycles. The molecule has 6 heteroatoms. The van der Waals surface area contributed by atoms with E-state index in [-0.39, 0.29) is 0 Å². The van der Waals surface area contributed by atoms with Gasteiger partial charge in [-0.25, -0.2) is 4.98 Å². The van der Waals surface area contributed by atoms with Crippen molar-refractivity contribution in [2.75, 3.05) is 17.2 Å². The number of anilines is 4. The first-order valence-electron chi connectivity index (χ1n) is 8.29. The number of nitrogens with one attached hydrogen (secondary N) is 2. The van der Waals surface area contributed by atoms with E-state index in [2.05, 4.69) is 26.7 Å². The Morgan fingerprint density at radius 1 is 1.00 bits per heavy atom. The smallest absolute Gasteiger partial charge is 0.229 e. The molecule has 0 amide bonds. The SMILES string of the molecule is CCOc1ccc(Nc2cc(C)nc(Nc3cccc(C#N)c3)n2)cc1. The van der Waals surface area contributed by atoms with Crippen molar-refractivity contribution in [1.29, 1.82) is 5.26 Å². The summed E-state index contributed by atoms with van der Waals surface area (Å²) in [6.07, 6.45) is 0. The predicted octanol–water partition coefficient (Wildman–Crippen LogP) is 4.54. The second kappa shape index (κ2) is 7.99. The molecule has 26 heavy (non-hydrogen) atoms. The van der Waals surface area contributed by atoms with Gasteiger partial charge in [0.25, 0.3) is 0 Å². The zero-order chi connectivity index (χ0) is 18.4. The topological polar surface area (TPSA) is 82.9 Å². The minimum Gasteiger partial charge on any atom is -0.494 e. The van der Waals surface area contributed by atoms with Gasteiger partial charge in [-0.3, -0.25) is 0 Å². The Morgan fingerprint density at radius 2 is 1.81 bits per heavy atom. The molecule has 6 nitrogen and oxygen atoms in total. The zero-order valence-corrected chi connectivity index (χ0v) is 14.7. The molecule has 0 unspecified atom stereocenters. The van der Waals surface area contributed by atoms with Crippen LogP contribution in [0.3, 0.4) is 0 Å². The first-order chi connectivity index (χ1) is 12.7. The predicted molar refractivity (Wildman–Crippen MR) is 102 cm³/mol. The molecule has 0 aliphatic rings. The van der Waals surface area contributed by atoms with Crippen LogP contribution >= 0.6 is 0 Å². The molecule has 3 aromatic rings. The van der Waals surface area contributed by atoms with Crippen molar-refractivity contribution < 1.29 is 4.74 Å². The first-order valence-corrected chi connectivity index (χ1v) is 8.29. The first kappa shape index (κ1) is 17.2. The molecule has 0 spiro atoms. The van der Waals surface area contributed by atoms with E-state index in [1.807, 2.05) is 56.3 Å². The van der Waals surface area contributed by atoms with Gasteiger partial charge in [-0.05, 0) is 56.3 Å². The molecule has 0 fully saturated rings. The lowest BCUT2D eigenvalue weighted by atomic mass is 10.2. The largest absolute Gasteiger partial charge is 0.494 e. The third kappa shape index (κ3) is 4.48. The van der Waals surface area contributed by atoms with Crippen molar-refractivity contribution >= 4 is 23.1 Å². The number of nitriles is 1. The molecule has 3 rings (SSSR count). The molecule has 1 aromatic heterocycles. The summed E-state index contributed by atoms with van der Waals surface area (Å²) in [6.45, 7) is 4.50. The van der Waals surface area contributed by atoms with Gasteiger partial charge < -0.3 is 15.4 Å². The molecule has 0 atom stereocenters. The highest BCUT2D eigenvalue weighted by atomic mass is 16.5. The highest BCUT2D eigenvalue weighted by molar-refractivity contribution is 5.61. The molecule has 2 aromatic carbocycles. The standard InChI is InChI=1S/C20H19N5O/c1-3-26-18-9-7-16(8-10-18)23-19-11-14(2)22-20(25-19)24-17-6-4-5-15(12-17)13-21/h4-12H,3H2,1-2H3,(H2,22,23,24,25). The number of nitrogens with zero attached hydrogens (tertiary/aromatic N) is 3. The van der Waals surface area contributed by atoms with Crippen LogP contribution in [0.15, 0.2) is 54.6 Å². The molecule has 130 valence electrons. The van der Waals surface area contributed by atoms with Crippen molar-refractivity contribution in [3.63, 3.8) is 0 Å². The van der Waals surface area contributed by atoms with E-state index >= 15 is 0 Å². The Morgan fingerprint density at radius 3 is 2.54 bits per heavy atom. The van der Waals surface area contributed by atoms with Gasteiger partial charge in [-0.2, -0.15) is 10.2 Å². The summed E-state index contributed by atoms with van der Waals surface area (Å²) >= 11 is 0. The summed E-state index contributed by atoms with van der Waals surface area (Å²) in [5, 5.41) is 15.4. The van der Waals surface area contributed by atoms with Crippen LogP contribution < -0.4 is 15.4 Å². The van der Waals surface area contributed by atoms with Crippen LogP contribution in [0.1, 0.15) is 18.2 Å². The van der Waals surface area contributed by atoms with Crippen LogP contribution in [0.25, 0.3) is 0 Å². The highest BCUT2D eigenvalue weighted by Gasteiger charge is 2.05. The number of aromatic nitrogens is 2. The second-order valence-corrected chi connectivity index (χ2v) is 5.62. The molecular formula is C20H19N5O. The number of benzene rings is 2. The monoisotopic (exact) mass is 345 g/mol. The molecule has 0 bridgehead atoms. The van der Waals surface area contributed by atoms with Crippen molar-refractivity contribution in [2.45, 2.75) is 13.8 Å². The molecule has 0 aliphatic carbocycles. The minimum absolute atomic E-state index is 0.466. The van der Waals surface area contributed by atoms with Crippen LogP contribution in [-0.2, 0) is 0 Å². The molecule has 0 radical (unpaired) electrons. The maximum absolute atomic E-state index is 9.01. The van der Waals surface area contributed by atoms with Gasteiger partial charge in [0, 0.05) is 23.1 Å². The fourth-order valence-electron chi connectivity index (χ4n) is 2.43. The van der Waals surface area contributed by atoms with Crippen molar-refractivity contribution in [1.82, 2.24) is 9.97 Å². The van der Waals surface area contributed by atoms with Gasteiger partial charge in [-0.15, -0.1) is 0 Å². The van der Waals surface area contributed by atoms with E-state index in [4.69, 9.17) is 10.00 Å². The molecule has 2 N–H and O–H groups in total. The van der Waals surface area contributed by atoms with E-state index in [0.29, 0.717) is 23.9 Å². The maximum Gasteiger partial charge on any atom is 0.229 e. The summed E-state index contributed by atoms with van der Waals surface area (Å²) in [4.78, 5) is 8.89. The summed E-state index contributed by atoms with van der Waals surface area (Å²) in [5.74, 6) is 1.98. The summed E-state index contributed by atoms with van der Waals surface area (Å²) < 4.78 is 5.45. The van der Waals surface area contributed by atoms with E-state index in [1.54, 1.807) is 12.1 Å². The Labute approximate surface area is 152 Å². The summed E-state index contributed by atoms with van der Waals surface area (Å²) in [7, 11) is 0. The quantitative estimate of drug-likeness (QED) is 0.682. The van der Waals surface area contributed by atoms with Crippen LogP contribution in [0.4, 0.5) is 23.1 Å². The normalized spacial score (nSPS) is 10.0. The van der Waals surface area contributed by atoms with Gasteiger partial charge in [0.15, 0.2) is 0 Å². The Balaban J connectivity index is 1.77. The van der Waals surface area contributed by atoms with Crippen molar-refractivity contribution in [3.05, 3.63) is 65.9 Å². The molecule has 1 heterocycles. The molecule has 0 saturated heterocycles. The number of hydrogen-bond acceptors (Lipinski definition) is 6. The third-order valence-corrected chi connectivity index (χ3v) is 3.54. The van der Waals surface area contributed by atoms with Crippen LogP contribution in [0.5, 0.6) is 5.75 Å². The average molecular weight is 345 g/mol. The Bertz CT molecular complexity index is 932. The Kier molecular flexibility index (Phi) is 5.30. The zero-order valence-electron chi connectivity index (χ0n) is 14.7. The van der Waals surface area contributed by atoms with Crippen molar-refractivity contribution in [3.8, 4) is 11.8 Å². The third-order valence-electron chi connectivity index (χ3n) is 3.54. The minimum atomic E-state index is 0.466. The number of rotatable bonds is 6. The second-order valence-electron chi connectivity index (χ2n) is 5.62. The van der Waals surface area contributed by atoms with E-state index in [9.17, 15) is 0 Å². The van der Waals surface area contributed by atoms with Gasteiger partial charge in [0.05, 0.1) is 18.2 Å². The lowest BCUT2D eigenvalue weighted by molar-refractivity contribution is 0.340. The van der Waals surface area contributed by atoms with Crippen LogP contribution in [-0.4, -0.2) is 16.6 Å². The van der Waals surface area contributed by atoms with Gasteiger partial charge in [0.1, 0.15) is 11.6 Å². The summed E-state index contributed by atoms with van der Waals surface area (Å²) in [5.41, 5.74) is 3.08. The van der Waals surface area contributed by atoms with E-state index in [0.717, 1.165) is 22.8 Å². The van der Waals surface area contributed by atoms with Crippen LogP contribution in [0.2, 0.25) is 0 Å². The van der Waals surface area contributed by atoms with E-state index < -0.39 is 0 Å². The maximum atomic E-state index is 9.01.